The molecule has 0 fully saturated rings. The number of nitrogens with one attached hydrogen (secondary N) is 1. The van der Waals surface area contributed by atoms with E-state index >= 15 is 0 Å². The molecule has 27 heavy (non-hydrogen) atoms. The van der Waals surface area contributed by atoms with Crippen molar-refractivity contribution in [2.45, 2.75) is 38.6 Å². The number of fused-ring (bicyclic) bond motifs is 3. The Morgan fingerprint density at radius 3 is 2.93 bits per heavy atom. The number of aryl methyl sites for hydroxylation is 2. The molecule has 3 heterocycles. The summed E-state index contributed by atoms with van der Waals surface area (Å²) in [6, 6.07) is 3.75. The fourth-order valence-corrected chi connectivity index (χ4v) is 4.90. The number of nitrogens with zero attached hydrogens (tertiary/aromatic N) is 3. The van der Waals surface area contributed by atoms with Crippen LogP contribution in [-0.2, 0) is 19.4 Å². The first kappa shape index (κ1) is 18.3. The zero-order valence-electron chi connectivity index (χ0n) is 16.0. The third kappa shape index (κ3) is 3.80. The summed E-state index contributed by atoms with van der Waals surface area (Å²) in [4.78, 5) is 22.6. The molecule has 0 saturated heterocycles. The van der Waals surface area contributed by atoms with Crippen LogP contribution < -0.4 is 10.9 Å². The number of anilines is 1. The molecule has 1 aliphatic rings. The van der Waals surface area contributed by atoms with Crippen LogP contribution in [0.15, 0.2) is 27.6 Å². The van der Waals surface area contributed by atoms with Crippen LogP contribution in [0.5, 0.6) is 0 Å². The molecule has 0 saturated carbocycles. The molecule has 0 unspecified atom stereocenters. The van der Waals surface area contributed by atoms with Crippen molar-refractivity contribution in [1.29, 1.82) is 0 Å². The van der Waals surface area contributed by atoms with E-state index in [2.05, 4.69) is 10.2 Å². The van der Waals surface area contributed by atoms with Gasteiger partial charge >= 0.3 is 0 Å². The smallest absolute Gasteiger partial charge is 0.264 e. The molecular weight excluding hydrogens is 360 g/mol. The first-order chi connectivity index (χ1) is 13.1. The van der Waals surface area contributed by atoms with Crippen molar-refractivity contribution < 1.29 is 4.42 Å². The minimum atomic E-state index is 0.0446. The Hall–Kier alpha value is -2.12. The van der Waals surface area contributed by atoms with Gasteiger partial charge in [0.2, 0.25) is 5.95 Å². The third-order valence-electron chi connectivity index (χ3n) is 5.06. The lowest BCUT2D eigenvalue weighted by Gasteiger charge is -2.15. The summed E-state index contributed by atoms with van der Waals surface area (Å²) in [5, 5.41) is 4.18. The second kappa shape index (κ2) is 7.86. The largest absolute Gasteiger partial charge is 0.467 e. The second-order valence-electron chi connectivity index (χ2n) is 7.38. The van der Waals surface area contributed by atoms with Gasteiger partial charge in [-0.2, -0.15) is 0 Å². The minimum absolute atomic E-state index is 0.0446. The summed E-state index contributed by atoms with van der Waals surface area (Å²) in [6.07, 6.45) is 7.29. The Kier molecular flexibility index (Phi) is 5.31. The van der Waals surface area contributed by atoms with Gasteiger partial charge in [-0.05, 0) is 57.5 Å². The molecule has 0 aromatic carbocycles. The van der Waals surface area contributed by atoms with Gasteiger partial charge in [0.25, 0.3) is 5.56 Å². The lowest BCUT2D eigenvalue weighted by atomic mass is 10.1. The van der Waals surface area contributed by atoms with Crippen LogP contribution in [0.1, 0.15) is 35.5 Å². The number of thiophene rings is 1. The Labute approximate surface area is 162 Å². The van der Waals surface area contributed by atoms with Crippen LogP contribution in [-0.4, -0.2) is 41.6 Å². The van der Waals surface area contributed by atoms with Crippen molar-refractivity contribution >= 4 is 27.5 Å². The fraction of sp³-hybridized carbons (Fsp3) is 0.500. The Morgan fingerprint density at radius 2 is 2.15 bits per heavy atom. The minimum Gasteiger partial charge on any atom is -0.467 e. The monoisotopic (exact) mass is 386 g/mol. The molecule has 1 aliphatic carbocycles. The number of rotatable bonds is 6. The van der Waals surface area contributed by atoms with Crippen LogP contribution in [0.2, 0.25) is 0 Å². The summed E-state index contributed by atoms with van der Waals surface area (Å²) in [7, 11) is 4.06. The molecule has 0 radical (unpaired) electrons. The van der Waals surface area contributed by atoms with Gasteiger partial charge in [-0.3, -0.25) is 9.36 Å². The number of aromatic nitrogens is 2. The van der Waals surface area contributed by atoms with Gasteiger partial charge in [0.05, 0.1) is 18.2 Å². The highest BCUT2D eigenvalue weighted by Gasteiger charge is 2.21. The van der Waals surface area contributed by atoms with Gasteiger partial charge < -0.3 is 14.6 Å². The summed E-state index contributed by atoms with van der Waals surface area (Å²) in [5.41, 5.74) is 1.28. The highest BCUT2D eigenvalue weighted by Crippen LogP contribution is 2.33. The molecule has 0 amide bonds. The van der Waals surface area contributed by atoms with Gasteiger partial charge in [0.1, 0.15) is 10.6 Å². The Morgan fingerprint density at radius 1 is 1.30 bits per heavy atom. The molecule has 0 spiro atoms. The van der Waals surface area contributed by atoms with Crippen LogP contribution >= 0.6 is 11.3 Å². The maximum atomic E-state index is 13.5. The maximum Gasteiger partial charge on any atom is 0.264 e. The molecule has 1 N–H and O–H groups in total. The van der Waals surface area contributed by atoms with E-state index in [1.165, 1.54) is 23.3 Å². The molecule has 0 aliphatic heterocycles. The van der Waals surface area contributed by atoms with Crippen LogP contribution in [0.25, 0.3) is 10.2 Å². The molecule has 0 atom stereocenters. The third-order valence-corrected chi connectivity index (χ3v) is 6.25. The second-order valence-corrected chi connectivity index (χ2v) is 8.46. The van der Waals surface area contributed by atoms with Crippen LogP contribution in [0.3, 0.4) is 0 Å². The van der Waals surface area contributed by atoms with Crippen molar-refractivity contribution in [1.82, 2.24) is 14.5 Å². The van der Waals surface area contributed by atoms with E-state index in [0.29, 0.717) is 12.5 Å². The van der Waals surface area contributed by atoms with E-state index in [1.54, 1.807) is 22.2 Å². The fourth-order valence-electron chi connectivity index (χ4n) is 3.65. The number of hydrogen-bond donors (Lipinski definition) is 1. The molecule has 144 valence electrons. The predicted octanol–water partition coefficient (Wildman–Crippen LogP) is 3.34. The average Bonchev–Trinajstić information content (AvgIpc) is 3.20. The molecule has 3 aromatic heterocycles. The molecule has 4 rings (SSSR count). The van der Waals surface area contributed by atoms with E-state index in [4.69, 9.17) is 9.40 Å². The zero-order valence-corrected chi connectivity index (χ0v) is 16.8. The lowest BCUT2D eigenvalue weighted by molar-refractivity contribution is 0.424. The van der Waals surface area contributed by atoms with E-state index in [1.807, 2.05) is 26.2 Å². The van der Waals surface area contributed by atoms with Gasteiger partial charge in [-0.15, -0.1) is 11.3 Å². The lowest BCUT2D eigenvalue weighted by Crippen LogP contribution is -2.28. The first-order valence-electron chi connectivity index (χ1n) is 9.59. The van der Waals surface area contributed by atoms with Gasteiger partial charge in [0, 0.05) is 18.0 Å². The van der Waals surface area contributed by atoms with E-state index < -0.39 is 0 Å². The topological polar surface area (TPSA) is 63.3 Å². The number of likely N-dealkylation sites (N-methyl/N-ethyl adjacent to an activating group) is 1. The standard InChI is InChI=1S/C20H26N4O2S/c1-23(2)11-10-21-20-22-18-17(15-8-4-3-5-9-16(15)27-18)19(25)24(20)13-14-7-6-12-26-14/h6-7,12H,3-5,8-11,13H2,1-2H3,(H,21,22). The summed E-state index contributed by atoms with van der Waals surface area (Å²) in [6.45, 7) is 1.99. The highest BCUT2D eigenvalue weighted by atomic mass is 32.1. The average molecular weight is 387 g/mol. The maximum absolute atomic E-state index is 13.5. The molecule has 6 nitrogen and oxygen atoms in total. The van der Waals surface area contributed by atoms with Crippen molar-refractivity contribution in [2.24, 2.45) is 0 Å². The molecule has 3 aromatic rings. The first-order valence-corrected chi connectivity index (χ1v) is 10.4. The van der Waals surface area contributed by atoms with Gasteiger partial charge in [-0.1, -0.05) is 6.42 Å². The van der Waals surface area contributed by atoms with E-state index in [0.717, 1.165) is 48.3 Å². The Balaban J connectivity index is 1.80. The summed E-state index contributed by atoms with van der Waals surface area (Å²) < 4.78 is 7.23. The van der Waals surface area contributed by atoms with E-state index in [-0.39, 0.29) is 5.56 Å². The SMILES string of the molecule is CN(C)CCNc1nc2sc3c(c2c(=O)n1Cc1ccco1)CCCCC3. The van der Waals surface area contributed by atoms with Gasteiger partial charge in [0.15, 0.2) is 0 Å². The zero-order chi connectivity index (χ0) is 18.8. The quantitative estimate of drug-likeness (QED) is 0.658. The van der Waals surface area contributed by atoms with Crippen molar-refractivity contribution in [3.8, 4) is 0 Å². The van der Waals surface area contributed by atoms with Crippen molar-refractivity contribution in [3.05, 3.63) is 45.0 Å². The summed E-state index contributed by atoms with van der Waals surface area (Å²) in [5.74, 6) is 1.39. The highest BCUT2D eigenvalue weighted by molar-refractivity contribution is 7.18. The Bertz CT molecular complexity index is 972. The number of furan rings is 1. The van der Waals surface area contributed by atoms with Crippen LogP contribution in [0.4, 0.5) is 5.95 Å². The predicted molar refractivity (Wildman–Crippen MR) is 110 cm³/mol. The van der Waals surface area contributed by atoms with E-state index in [9.17, 15) is 4.79 Å². The summed E-state index contributed by atoms with van der Waals surface area (Å²) >= 11 is 1.70. The van der Waals surface area contributed by atoms with Gasteiger partial charge in [-0.25, -0.2) is 4.98 Å². The molecule has 7 heteroatoms. The molecular formula is C20H26N4O2S. The van der Waals surface area contributed by atoms with Crippen molar-refractivity contribution in [3.63, 3.8) is 0 Å². The number of hydrogen-bond acceptors (Lipinski definition) is 6. The normalized spacial score (nSPS) is 14.5. The molecule has 0 bridgehead atoms. The van der Waals surface area contributed by atoms with Crippen LogP contribution in [0, 0.1) is 0 Å². The van der Waals surface area contributed by atoms with Crippen molar-refractivity contribution in [2.75, 3.05) is 32.5 Å².